The Kier molecular flexibility index (Phi) is 4.41. The third kappa shape index (κ3) is 3.00. The number of ether oxygens (including phenoxy) is 1. The minimum atomic E-state index is -0.188. The van der Waals surface area contributed by atoms with Crippen LogP contribution in [0, 0.1) is 18.3 Å². The standard InChI is InChI=1S/C16H17NO3/c1-3-12-5-4-6-14(11-12)15(18)17-9-7-13(8-10-17)16(19)20-2/h1,4-6,11,13H,7-10H2,2H3. The first-order valence-corrected chi connectivity index (χ1v) is 6.59. The van der Waals surface area contributed by atoms with E-state index >= 15 is 0 Å². The van der Waals surface area contributed by atoms with Crippen LogP contribution in [0.5, 0.6) is 0 Å². The van der Waals surface area contributed by atoms with Gasteiger partial charge >= 0.3 is 5.97 Å². The molecule has 0 bridgehead atoms. The molecular weight excluding hydrogens is 254 g/mol. The van der Waals surface area contributed by atoms with Crippen molar-refractivity contribution in [1.29, 1.82) is 0 Å². The molecule has 1 aromatic carbocycles. The molecule has 0 aliphatic carbocycles. The maximum absolute atomic E-state index is 12.4. The lowest BCUT2D eigenvalue weighted by atomic mass is 9.96. The number of amides is 1. The number of methoxy groups -OCH3 is 1. The first kappa shape index (κ1) is 14.1. The van der Waals surface area contributed by atoms with Crippen molar-refractivity contribution < 1.29 is 14.3 Å². The third-order valence-corrected chi connectivity index (χ3v) is 3.59. The van der Waals surface area contributed by atoms with Gasteiger partial charge in [0.05, 0.1) is 13.0 Å². The summed E-state index contributed by atoms with van der Waals surface area (Å²) in [5.74, 6) is 2.20. The normalized spacial score (nSPS) is 15.5. The second-order valence-electron chi connectivity index (χ2n) is 4.81. The van der Waals surface area contributed by atoms with Gasteiger partial charge in [0, 0.05) is 24.2 Å². The quantitative estimate of drug-likeness (QED) is 0.607. The zero-order valence-corrected chi connectivity index (χ0v) is 11.5. The van der Waals surface area contributed by atoms with E-state index in [9.17, 15) is 9.59 Å². The second-order valence-corrected chi connectivity index (χ2v) is 4.81. The summed E-state index contributed by atoms with van der Waals surface area (Å²) in [6, 6.07) is 7.05. The molecule has 2 rings (SSSR count). The predicted octanol–water partition coefficient (Wildman–Crippen LogP) is 1.69. The van der Waals surface area contributed by atoms with Crippen LogP contribution in [-0.2, 0) is 9.53 Å². The lowest BCUT2D eigenvalue weighted by molar-refractivity contribution is -0.146. The number of piperidine rings is 1. The maximum atomic E-state index is 12.4. The van der Waals surface area contributed by atoms with E-state index in [1.807, 2.05) is 0 Å². The molecule has 1 heterocycles. The molecule has 0 unspecified atom stereocenters. The van der Waals surface area contributed by atoms with E-state index in [4.69, 9.17) is 11.2 Å². The smallest absolute Gasteiger partial charge is 0.308 e. The van der Waals surface area contributed by atoms with E-state index in [0.29, 0.717) is 37.1 Å². The molecule has 0 saturated carbocycles. The number of esters is 1. The van der Waals surface area contributed by atoms with E-state index in [1.165, 1.54) is 7.11 Å². The second kappa shape index (κ2) is 6.25. The fraction of sp³-hybridized carbons (Fsp3) is 0.375. The van der Waals surface area contributed by atoms with Gasteiger partial charge < -0.3 is 9.64 Å². The van der Waals surface area contributed by atoms with Gasteiger partial charge in [-0.05, 0) is 31.0 Å². The Morgan fingerprint density at radius 3 is 2.65 bits per heavy atom. The summed E-state index contributed by atoms with van der Waals surface area (Å²) < 4.78 is 4.74. The number of carbonyl (C=O) groups is 2. The van der Waals surface area contributed by atoms with Gasteiger partial charge in [-0.25, -0.2) is 0 Å². The highest BCUT2D eigenvalue weighted by Crippen LogP contribution is 2.20. The summed E-state index contributed by atoms with van der Waals surface area (Å²) in [6.07, 6.45) is 6.63. The molecule has 104 valence electrons. The van der Waals surface area contributed by atoms with E-state index < -0.39 is 0 Å². The number of carbonyl (C=O) groups excluding carboxylic acids is 2. The fourth-order valence-corrected chi connectivity index (χ4v) is 2.41. The summed E-state index contributed by atoms with van der Waals surface area (Å²) >= 11 is 0. The number of likely N-dealkylation sites (tertiary alicyclic amines) is 1. The molecule has 0 radical (unpaired) electrons. The van der Waals surface area contributed by atoms with Crippen LogP contribution >= 0.6 is 0 Å². The lowest BCUT2D eigenvalue weighted by Gasteiger charge is -2.30. The van der Waals surface area contributed by atoms with Crippen LogP contribution in [0.15, 0.2) is 24.3 Å². The number of hydrogen-bond acceptors (Lipinski definition) is 3. The average molecular weight is 271 g/mol. The van der Waals surface area contributed by atoms with Gasteiger partial charge in [0.1, 0.15) is 0 Å². The third-order valence-electron chi connectivity index (χ3n) is 3.59. The SMILES string of the molecule is C#Cc1cccc(C(=O)N2CCC(C(=O)OC)CC2)c1. The summed E-state index contributed by atoms with van der Waals surface area (Å²) in [5, 5.41) is 0. The maximum Gasteiger partial charge on any atom is 0.308 e. The van der Waals surface area contributed by atoms with E-state index in [1.54, 1.807) is 29.2 Å². The van der Waals surface area contributed by atoms with Crippen LogP contribution in [0.4, 0.5) is 0 Å². The molecule has 1 aliphatic rings. The van der Waals surface area contributed by atoms with Crippen LogP contribution in [0.2, 0.25) is 0 Å². The Bertz CT molecular complexity index is 551. The van der Waals surface area contributed by atoms with Gasteiger partial charge in [0.2, 0.25) is 0 Å². The Hall–Kier alpha value is -2.28. The first-order chi connectivity index (χ1) is 9.65. The van der Waals surface area contributed by atoms with Crippen LogP contribution in [0.3, 0.4) is 0 Å². The van der Waals surface area contributed by atoms with E-state index in [2.05, 4.69) is 5.92 Å². The van der Waals surface area contributed by atoms with Crippen LogP contribution in [0.25, 0.3) is 0 Å². The predicted molar refractivity (Wildman–Crippen MR) is 75.0 cm³/mol. The van der Waals surface area contributed by atoms with Crippen molar-refractivity contribution in [2.24, 2.45) is 5.92 Å². The average Bonchev–Trinajstić information content (AvgIpc) is 2.53. The molecule has 4 nitrogen and oxygen atoms in total. The number of terminal acetylenes is 1. The first-order valence-electron chi connectivity index (χ1n) is 6.59. The van der Waals surface area contributed by atoms with Crippen molar-refractivity contribution in [1.82, 2.24) is 4.90 Å². The van der Waals surface area contributed by atoms with Gasteiger partial charge in [0.25, 0.3) is 5.91 Å². The topological polar surface area (TPSA) is 46.6 Å². The minimum absolute atomic E-state index is 0.0367. The molecule has 0 atom stereocenters. The van der Waals surface area contributed by atoms with Crippen molar-refractivity contribution in [3.63, 3.8) is 0 Å². The zero-order chi connectivity index (χ0) is 14.5. The Labute approximate surface area is 118 Å². The minimum Gasteiger partial charge on any atom is -0.469 e. The number of hydrogen-bond donors (Lipinski definition) is 0. The molecular formula is C16H17NO3. The van der Waals surface area contributed by atoms with Gasteiger partial charge in [-0.1, -0.05) is 12.0 Å². The number of rotatable bonds is 2. The van der Waals surface area contributed by atoms with E-state index in [-0.39, 0.29) is 17.8 Å². The van der Waals surface area contributed by atoms with Crippen LogP contribution < -0.4 is 0 Å². The lowest BCUT2D eigenvalue weighted by Crippen LogP contribution is -2.40. The highest BCUT2D eigenvalue weighted by atomic mass is 16.5. The highest BCUT2D eigenvalue weighted by Gasteiger charge is 2.28. The summed E-state index contributed by atoms with van der Waals surface area (Å²) in [7, 11) is 1.39. The monoisotopic (exact) mass is 271 g/mol. The molecule has 0 aromatic heterocycles. The molecule has 1 saturated heterocycles. The molecule has 20 heavy (non-hydrogen) atoms. The molecule has 1 aromatic rings. The van der Waals surface area contributed by atoms with Crippen LogP contribution in [-0.4, -0.2) is 37.0 Å². The zero-order valence-electron chi connectivity index (χ0n) is 11.5. The van der Waals surface area contributed by atoms with Gasteiger partial charge in [0.15, 0.2) is 0 Å². The summed E-state index contributed by atoms with van der Waals surface area (Å²) in [5.41, 5.74) is 1.29. The molecule has 0 N–H and O–H groups in total. The van der Waals surface area contributed by atoms with Gasteiger partial charge in [-0.2, -0.15) is 0 Å². The largest absolute Gasteiger partial charge is 0.469 e. The molecule has 1 amide bonds. The van der Waals surface area contributed by atoms with E-state index in [0.717, 1.165) is 0 Å². The summed E-state index contributed by atoms with van der Waals surface area (Å²) in [6.45, 7) is 1.14. The van der Waals surface area contributed by atoms with Gasteiger partial charge in [-0.15, -0.1) is 6.42 Å². The van der Waals surface area contributed by atoms with Gasteiger partial charge in [-0.3, -0.25) is 9.59 Å². The molecule has 1 fully saturated rings. The summed E-state index contributed by atoms with van der Waals surface area (Å²) in [4.78, 5) is 25.6. The Morgan fingerprint density at radius 2 is 2.05 bits per heavy atom. The van der Waals surface area contributed by atoms with Crippen molar-refractivity contribution in [2.45, 2.75) is 12.8 Å². The van der Waals surface area contributed by atoms with Crippen LogP contribution in [0.1, 0.15) is 28.8 Å². The van der Waals surface area contributed by atoms with Crippen molar-refractivity contribution >= 4 is 11.9 Å². The number of benzene rings is 1. The number of nitrogens with zero attached hydrogens (tertiary/aromatic N) is 1. The molecule has 4 heteroatoms. The fourth-order valence-electron chi connectivity index (χ4n) is 2.41. The molecule has 1 aliphatic heterocycles. The van der Waals surface area contributed by atoms with Crippen molar-refractivity contribution in [3.05, 3.63) is 35.4 Å². The Morgan fingerprint density at radius 1 is 1.35 bits per heavy atom. The highest BCUT2D eigenvalue weighted by molar-refractivity contribution is 5.94. The Balaban J connectivity index is 2.01. The molecule has 0 spiro atoms. The van der Waals surface area contributed by atoms with Crippen molar-refractivity contribution in [3.8, 4) is 12.3 Å². The van der Waals surface area contributed by atoms with Crippen molar-refractivity contribution in [2.75, 3.05) is 20.2 Å².